The van der Waals surface area contributed by atoms with Crippen LogP contribution in [-0.2, 0) is 14.3 Å². The van der Waals surface area contributed by atoms with Gasteiger partial charge in [-0.15, -0.1) is 6.58 Å². The average Bonchev–Trinajstić information content (AvgIpc) is 2.82. The molecule has 1 saturated carbocycles. The highest BCUT2D eigenvalue weighted by atomic mass is 16.7. The van der Waals surface area contributed by atoms with Crippen LogP contribution in [0.4, 0.5) is 0 Å². The number of hydrogen-bond acceptors (Lipinski definition) is 3. The van der Waals surface area contributed by atoms with E-state index < -0.39 is 16.8 Å². The minimum Gasteiger partial charge on any atom is -0.343 e. The van der Waals surface area contributed by atoms with E-state index in [2.05, 4.69) is 54.7 Å². The van der Waals surface area contributed by atoms with Gasteiger partial charge in [0.1, 0.15) is 0 Å². The number of carbonyl (C=O) groups excluding carboxylic acids is 1. The molecule has 1 spiro atoms. The molecule has 2 bridgehead atoms. The number of allylic oxidation sites excluding steroid dienone is 1. The molecule has 0 aromatic rings. The Morgan fingerprint density at radius 3 is 2.25 bits per heavy atom. The van der Waals surface area contributed by atoms with Crippen LogP contribution in [0.15, 0.2) is 25.3 Å². The van der Waals surface area contributed by atoms with Gasteiger partial charge < -0.3 is 9.47 Å². The Labute approximate surface area is 146 Å². The fourth-order valence-corrected chi connectivity index (χ4v) is 5.87. The van der Waals surface area contributed by atoms with E-state index in [0.717, 1.165) is 12.8 Å². The topological polar surface area (TPSA) is 35.5 Å². The van der Waals surface area contributed by atoms with Crippen LogP contribution >= 0.6 is 0 Å². The smallest absolute Gasteiger partial charge is 0.179 e. The molecule has 7 atom stereocenters. The first kappa shape index (κ1) is 17.9. The number of fused-ring (bicyclic) bond motifs is 2. The first-order chi connectivity index (χ1) is 11.0. The maximum atomic E-state index is 12.8. The van der Waals surface area contributed by atoms with Crippen LogP contribution in [0.2, 0.25) is 0 Å². The van der Waals surface area contributed by atoms with E-state index in [0.29, 0.717) is 5.92 Å². The van der Waals surface area contributed by atoms with E-state index in [-0.39, 0.29) is 29.1 Å². The molecule has 24 heavy (non-hydrogen) atoms. The Kier molecular flexibility index (Phi) is 3.76. The van der Waals surface area contributed by atoms with Crippen molar-refractivity contribution in [1.82, 2.24) is 0 Å². The molecule has 1 aliphatic carbocycles. The summed E-state index contributed by atoms with van der Waals surface area (Å²) in [5, 5.41) is 0. The van der Waals surface area contributed by atoms with Gasteiger partial charge in [-0.3, -0.25) is 4.79 Å². The van der Waals surface area contributed by atoms with Crippen molar-refractivity contribution in [2.75, 3.05) is 0 Å². The Hall–Kier alpha value is -0.930. The molecule has 0 N–H and O–H groups in total. The van der Waals surface area contributed by atoms with Crippen LogP contribution in [0, 0.1) is 29.1 Å². The van der Waals surface area contributed by atoms with Crippen LogP contribution in [0.1, 0.15) is 54.4 Å². The van der Waals surface area contributed by atoms with E-state index >= 15 is 0 Å². The zero-order chi connectivity index (χ0) is 18.1. The molecular formula is C21H32O3. The summed E-state index contributed by atoms with van der Waals surface area (Å²) in [6.07, 6.45) is 5.33. The fourth-order valence-electron chi connectivity index (χ4n) is 5.87. The molecule has 0 aromatic heterocycles. The summed E-state index contributed by atoms with van der Waals surface area (Å²) >= 11 is 0. The SMILES string of the molecule is C=CC(=O)C1(C)C2CCC1(C)OC1(OC(C)(C)C(C)C1C=C)C2C. The molecule has 0 aromatic carbocycles. The number of rotatable bonds is 3. The van der Waals surface area contributed by atoms with Crippen molar-refractivity contribution in [3.63, 3.8) is 0 Å². The highest BCUT2D eigenvalue weighted by Gasteiger charge is 2.73. The minimum atomic E-state index is -0.693. The monoisotopic (exact) mass is 332 g/mol. The van der Waals surface area contributed by atoms with Crippen molar-refractivity contribution in [3.05, 3.63) is 25.3 Å². The van der Waals surface area contributed by atoms with Gasteiger partial charge in [-0.25, -0.2) is 0 Å². The van der Waals surface area contributed by atoms with Crippen molar-refractivity contribution in [2.24, 2.45) is 29.1 Å². The number of carbonyl (C=O) groups is 1. The molecule has 3 heteroatoms. The summed E-state index contributed by atoms with van der Waals surface area (Å²) in [6, 6.07) is 0. The molecule has 3 nitrogen and oxygen atoms in total. The summed E-state index contributed by atoms with van der Waals surface area (Å²) < 4.78 is 13.4. The molecule has 3 rings (SSSR count). The largest absolute Gasteiger partial charge is 0.343 e. The summed E-state index contributed by atoms with van der Waals surface area (Å²) in [4.78, 5) is 12.8. The summed E-state index contributed by atoms with van der Waals surface area (Å²) in [6.45, 7) is 20.6. The molecule has 2 heterocycles. The predicted molar refractivity (Wildman–Crippen MR) is 95.4 cm³/mol. The van der Waals surface area contributed by atoms with Gasteiger partial charge in [-0.2, -0.15) is 0 Å². The lowest BCUT2D eigenvalue weighted by molar-refractivity contribution is -0.364. The molecule has 134 valence electrons. The Morgan fingerprint density at radius 1 is 1.08 bits per heavy atom. The second-order valence-corrected chi connectivity index (χ2v) is 9.01. The quantitative estimate of drug-likeness (QED) is 0.563. The van der Waals surface area contributed by atoms with Gasteiger partial charge in [0, 0.05) is 11.8 Å². The minimum absolute atomic E-state index is 0.0923. The van der Waals surface area contributed by atoms with Gasteiger partial charge >= 0.3 is 0 Å². The second-order valence-electron chi connectivity index (χ2n) is 9.01. The predicted octanol–water partition coefficient (Wildman–Crippen LogP) is 4.53. The van der Waals surface area contributed by atoms with Crippen LogP contribution in [-0.4, -0.2) is 22.8 Å². The second kappa shape index (κ2) is 5.04. The third-order valence-corrected chi connectivity index (χ3v) is 7.87. The number of hydrogen-bond donors (Lipinski definition) is 0. The van der Waals surface area contributed by atoms with Crippen molar-refractivity contribution in [1.29, 1.82) is 0 Å². The molecule has 2 saturated heterocycles. The highest BCUT2D eigenvalue weighted by molar-refractivity contribution is 5.95. The standard InChI is InChI=1S/C21H32O3/c1-9-15-13(3)18(5,6)23-21(15)14(4)16-11-12-19(7,24-21)20(16,8)17(22)10-2/h9-10,13-16H,1-2,11-12H2,3-8H3. The Morgan fingerprint density at radius 2 is 1.71 bits per heavy atom. The normalized spacial score (nSPS) is 52.4. The van der Waals surface area contributed by atoms with Crippen molar-refractivity contribution in [2.45, 2.75) is 71.4 Å². The van der Waals surface area contributed by atoms with Crippen molar-refractivity contribution >= 4 is 5.78 Å². The van der Waals surface area contributed by atoms with Crippen LogP contribution < -0.4 is 0 Å². The third-order valence-electron chi connectivity index (χ3n) is 7.87. The first-order valence-corrected chi connectivity index (χ1v) is 9.20. The highest BCUT2D eigenvalue weighted by Crippen LogP contribution is 2.67. The molecule has 3 aliphatic rings. The van der Waals surface area contributed by atoms with Gasteiger partial charge in [-0.1, -0.05) is 26.5 Å². The Bertz CT molecular complexity index is 594. The summed E-state index contributed by atoms with van der Waals surface area (Å²) in [5.74, 6) is 0.168. The van der Waals surface area contributed by atoms with E-state index in [4.69, 9.17) is 9.47 Å². The lowest BCUT2D eigenvalue weighted by Crippen LogP contribution is -2.65. The number of ether oxygens (including phenoxy) is 2. The first-order valence-electron chi connectivity index (χ1n) is 9.20. The maximum Gasteiger partial charge on any atom is 0.179 e. The van der Waals surface area contributed by atoms with Crippen molar-refractivity contribution < 1.29 is 14.3 Å². The van der Waals surface area contributed by atoms with E-state index in [9.17, 15) is 4.79 Å². The summed E-state index contributed by atoms with van der Waals surface area (Å²) in [7, 11) is 0. The van der Waals surface area contributed by atoms with E-state index in [1.165, 1.54) is 6.08 Å². The molecule has 7 unspecified atom stereocenters. The van der Waals surface area contributed by atoms with Crippen LogP contribution in [0.3, 0.4) is 0 Å². The fraction of sp³-hybridized carbons (Fsp3) is 0.762. The third kappa shape index (κ3) is 1.83. The molecule has 0 amide bonds. The molecular weight excluding hydrogens is 300 g/mol. The van der Waals surface area contributed by atoms with E-state index in [1.807, 2.05) is 6.08 Å². The molecule has 3 fully saturated rings. The van der Waals surface area contributed by atoms with Crippen LogP contribution in [0.25, 0.3) is 0 Å². The lowest BCUT2D eigenvalue weighted by atomic mass is 9.59. The average molecular weight is 332 g/mol. The van der Waals surface area contributed by atoms with Gasteiger partial charge in [0.2, 0.25) is 0 Å². The lowest BCUT2D eigenvalue weighted by Gasteiger charge is -2.57. The van der Waals surface area contributed by atoms with Crippen molar-refractivity contribution in [3.8, 4) is 0 Å². The molecule has 2 aliphatic heterocycles. The van der Waals surface area contributed by atoms with Gasteiger partial charge in [0.25, 0.3) is 0 Å². The zero-order valence-electron chi connectivity index (χ0n) is 16.0. The van der Waals surface area contributed by atoms with Gasteiger partial charge in [0.05, 0.1) is 16.6 Å². The van der Waals surface area contributed by atoms with Crippen LogP contribution in [0.5, 0.6) is 0 Å². The maximum absolute atomic E-state index is 12.8. The summed E-state index contributed by atoms with van der Waals surface area (Å²) in [5.41, 5.74) is -1.35. The van der Waals surface area contributed by atoms with E-state index in [1.54, 1.807) is 0 Å². The zero-order valence-corrected chi connectivity index (χ0v) is 16.0. The Balaban J connectivity index is 2.13. The van der Waals surface area contributed by atoms with Gasteiger partial charge in [0.15, 0.2) is 11.6 Å². The number of ketones is 1. The van der Waals surface area contributed by atoms with Gasteiger partial charge in [-0.05, 0) is 58.4 Å². The molecule has 0 radical (unpaired) electrons.